The molecule has 4 unspecified atom stereocenters. The van der Waals surface area contributed by atoms with Crippen LogP contribution < -0.4 is 0 Å². The summed E-state index contributed by atoms with van der Waals surface area (Å²) in [5.41, 5.74) is 0. The fourth-order valence-corrected chi connectivity index (χ4v) is 1.20. The van der Waals surface area contributed by atoms with Crippen LogP contribution in [0.15, 0.2) is 0 Å². The predicted octanol–water partition coefficient (Wildman–Crippen LogP) is -1.93. The summed E-state index contributed by atoms with van der Waals surface area (Å²) in [7, 11) is 0. The first-order chi connectivity index (χ1) is 9.31. The van der Waals surface area contributed by atoms with Gasteiger partial charge in [0, 0.05) is 6.42 Å². The van der Waals surface area contributed by atoms with Crippen LogP contribution in [0.1, 0.15) is 32.6 Å². The van der Waals surface area contributed by atoms with Gasteiger partial charge in [-0.1, -0.05) is 19.8 Å². The standard InChI is InChI=1S/C6H14O6.C6H12O2/c7-1-3(9)5(11)6(12)4(10)2-8;1-2-3-4-5-6(7)8/h3-12H,1-2H2;2-5H2,1H3,(H,7,8). The van der Waals surface area contributed by atoms with E-state index in [4.69, 9.17) is 35.7 Å². The van der Waals surface area contributed by atoms with E-state index in [1.807, 2.05) is 0 Å². The zero-order chi connectivity index (χ0) is 16.1. The zero-order valence-electron chi connectivity index (χ0n) is 11.6. The van der Waals surface area contributed by atoms with Gasteiger partial charge in [0.1, 0.15) is 24.4 Å². The van der Waals surface area contributed by atoms with Crippen LogP contribution in [0, 0.1) is 0 Å². The van der Waals surface area contributed by atoms with Crippen molar-refractivity contribution in [2.45, 2.75) is 57.0 Å². The molecule has 8 nitrogen and oxygen atoms in total. The molecule has 0 aromatic heterocycles. The maximum atomic E-state index is 9.87. The summed E-state index contributed by atoms with van der Waals surface area (Å²) in [5, 5.41) is 60.3. The lowest BCUT2D eigenvalue weighted by Crippen LogP contribution is -2.46. The van der Waals surface area contributed by atoms with Crippen molar-refractivity contribution in [3.05, 3.63) is 0 Å². The molecule has 0 aromatic rings. The van der Waals surface area contributed by atoms with Crippen molar-refractivity contribution in [2.75, 3.05) is 13.2 Å². The van der Waals surface area contributed by atoms with Crippen molar-refractivity contribution in [3.63, 3.8) is 0 Å². The summed E-state index contributed by atoms with van der Waals surface area (Å²) in [6.07, 6.45) is -3.11. The summed E-state index contributed by atoms with van der Waals surface area (Å²) in [4.78, 5) is 9.87. The molecule has 0 aliphatic heterocycles. The minimum atomic E-state index is -1.67. The molecule has 4 atom stereocenters. The summed E-state index contributed by atoms with van der Waals surface area (Å²) in [6, 6.07) is 0. The predicted molar refractivity (Wildman–Crippen MR) is 70.0 cm³/mol. The van der Waals surface area contributed by atoms with Crippen molar-refractivity contribution in [1.29, 1.82) is 0 Å². The van der Waals surface area contributed by atoms with E-state index < -0.39 is 43.6 Å². The second kappa shape index (κ2) is 13.2. The highest BCUT2D eigenvalue weighted by Gasteiger charge is 2.29. The van der Waals surface area contributed by atoms with E-state index >= 15 is 0 Å². The highest BCUT2D eigenvalue weighted by molar-refractivity contribution is 5.66. The number of aliphatic hydroxyl groups is 6. The van der Waals surface area contributed by atoms with E-state index in [0.717, 1.165) is 19.3 Å². The molecule has 0 saturated carbocycles. The Morgan fingerprint density at radius 1 is 0.900 bits per heavy atom. The number of carboxylic acid groups (broad SMARTS) is 1. The van der Waals surface area contributed by atoms with Crippen molar-refractivity contribution in [2.24, 2.45) is 0 Å². The van der Waals surface area contributed by atoms with Crippen LogP contribution in [0.4, 0.5) is 0 Å². The van der Waals surface area contributed by atoms with Crippen molar-refractivity contribution >= 4 is 5.97 Å². The number of rotatable bonds is 9. The van der Waals surface area contributed by atoms with Gasteiger partial charge in [-0.3, -0.25) is 4.79 Å². The Bertz CT molecular complexity index is 221. The third kappa shape index (κ3) is 11.1. The number of carboxylic acids is 1. The van der Waals surface area contributed by atoms with Crippen LogP contribution in [0.2, 0.25) is 0 Å². The fourth-order valence-electron chi connectivity index (χ4n) is 1.20. The average Bonchev–Trinajstić information content (AvgIpc) is 2.44. The van der Waals surface area contributed by atoms with Crippen molar-refractivity contribution in [1.82, 2.24) is 0 Å². The largest absolute Gasteiger partial charge is 0.481 e. The van der Waals surface area contributed by atoms with Gasteiger partial charge in [-0.05, 0) is 6.42 Å². The Labute approximate surface area is 117 Å². The van der Waals surface area contributed by atoms with E-state index in [1.54, 1.807) is 0 Å². The number of aliphatic hydroxyl groups excluding tert-OH is 6. The van der Waals surface area contributed by atoms with Gasteiger partial charge in [0.15, 0.2) is 0 Å². The molecule has 0 radical (unpaired) electrons. The number of aliphatic carboxylic acids is 1. The molecule has 7 N–H and O–H groups in total. The zero-order valence-corrected chi connectivity index (χ0v) is 11.6. The van der Waals surface area contributed by atoms with E-state index in [2.05, 4.69) is 6.92 Å². The lowest BCUT2D eigenvalue weighted by Gasteiger charge is -2.24. The summed E-state index contributed by atoms with van der Waals surface area (Å²) >= 11 is 0. The molecule has 0 heterocycles. The van der Waals surface area contributed by atoms with Crippen LogP contribution in [0.5, 0.6) is 0 Å². The van der Waals surface area contributed by atoms with Crippen LogP contribution in [-0.4, -0.2) is 79.3 Å². The van der Waals surface area contributed by atoms with E-state index in [-0.39, 0.29) is 0 Å². The molecule has 8 heteroatoms. The monoisotopic (exact) mass is 298 g/mol. The van der Waals surface area contributed by atoms with Crippen LogP contribution >= 0.6 is 0 Å². The average molecular weight is 298 g/mol. The molecule has 0 rings (SSSR count). The molecule has 0 bridgehead atoms. The first kappa shape index (κ1) is 21.5. The van der Waals surface area contributed by atoms with Crippen LogP contribution in [0.25, 0.3) is 0 Å². The third-order valence-electron chi connectivity index (χ3n) is 2.51. The lowest BCUT2D eigenvalue weighted by molar-refractivity contribution is -0.137. The van der Waals surface area contributed by atoms with Gasteiger partial charge >= 0.3 is 5.97 Å². The van der Waals surface area contributed by atoms with Gasteiger partial charge in [0.05, 0.1) is 13.2 Å². The Morgan fingerprint density at radius 3 is 1.55 bits per heavy atom. The minimum Gasteiger partial charge on any atom is -0.481 e. The van der Waals surface area contributed by atoms with E-state index in [0.29, 0.717) is 6.42 Å². The fraction of sp³-hybridized carbons (Fsp3) is 0.917. The first-order valence-electron chi connectivity index (χ1n) is 6.47. The number of hydrogen-bond donors (Lipinski definition) is 7. The number of hydrogen-bond acceptors (Lipinski definition) is 7. The van der Waals surface area contributed by atoms with Crippen LogP contribution in [0.3, 0.4) is 0 Å². The molecule has 0 aliphatic rings. The van der Waals surface area contributed by atoms with E-state index in [9.17, 15) is 4.79 Å². The minimum absolute atomic E-state index is 0.327. The topological polar surface area (TPSA) is 159 Å². The van der Waals surface area contributed by atoms with Gasteiger partial charge in [-0.25, -0.2) is 0 Å². The normalized spacial score (nSPS) is 16.6. The Balaban J connectivity index is 0. The smallest absolute Gasteiger partial charge is 0.303 e. The molecular formula is C12H26O8. The van der Waals surface area contributed by atoms with Gasteiger partial charge in [-0.2, -0.15) is 0 Å². The highest BCUT2D eigenvalue weighted by atomic mass is 16.4. The maximum absolute atomic E-state index is 9.87. The Kier molecular flexibility index (Phi) is 14.2. The SMILES string of the molecule is CCCCCC(=O)O.OCC(O)C(O)C(O)C(O)CO. The highest BCUT2D eigenvalue weighted by Crippen LogP contribution is 2.04. The summed E-state index contributed by atoms with van der Waals surface area (Å²) in [6.45, 7) is 0.606. The van der Waals surface area contributed by atoms with Gasteiger partial charge in [-0.15, -0.1) is 0 Å². The molecule has 0 aliphatic carbocycles. The number of carbonyl (C=O) groups is 1. The number of unbranched alkanes of at least 4 members (excludes halogenated alkanes) is 2. The molecule has 0 amide bonds. The molecular weight excluding hydrogens is 272 g/mol. The van der Waals surface area contributed by atoms with E-state index in [1.165, 1.54) is 0 Å². The molecule has 0 saturated heterocycles. The summed E-state index contributed by atoms with van der Waals surface area (Å²) in [5.74, 6) is -0.682. The Morgan fingerprint density at radius 2 is 1.30 bits per heavy atom. The van der Waals surface area contributed by atoms with Gasteiger partial charge < -0.3 is 35.7 Å². The molecule has 0 fully saturated rings. The molecule has 0 aromatic carbocycles. The van der Waals surface area contributed by atoms with Crippen molar-refractivity contribution < 1.29 is 40.5 Å². The molecule has 0 spiro atoms. The summed E-state index contributed by atoms with van der Waals surface area (Å²) < 4.78 is 0. The maximum Gasteiger partial charge on any atom is 0.303 e. The van der Waals surface area contributed by atoms with Crippen LogP contribution in [-0.2, 0) is 4.79 Å². The second-order valence-corrected chi connectivity index (χ2v) is 4.33. The Hall–Kier alpha value is -0.770. The third-order valence-corrected chi connectivity index (χ3v) is 2.51. The quantitative estimate of drug-likeness (QED) is 0.242. The first-order valence-corrected chi connectivity index (χ1v) is 6.47. The van der Waals surface area contributed by atoms with Gasteiger partial charge in [0.2, 0.25) is 0 Å². The lowest BCUT2D eigenvalue weighted by atomic mass is 10.0. The second-order valence-electron chi connectivity index (χ2n) is 4.33. The molecule has 20 heavy (non-hydrogen) atoms. The van der Waals surface area contributed by atoms with Crippen molar-refractivity contribution in [3.8, 4) is 0 Å². The molecule has 122 valence electrons. The van der Waals surface area contributed by atoms with Gasteiger partial charge in [0.25, 0.3) is 0 Å².